The Morgan fingerprint density at radius 2 is 2.00 bits per heavy atom. The van der Waals surface area contributed by atoms with E-state index in [0.29, 0.717) is 12.6 Å². The number of benzene rings is 1. The van der Waals surface area contributed by atoms with Crippen LogP contribution >= 0.6 is 0 Å². The number of amides is 3. The topological polar surface area (TPSA) is 61.9 Å². The summed E-state index contributed by atoms with van der Waals surface area (Å²) >= 11 is 0. The highest BCUT2D eigenvalue weighted by Gasteiger charge is 2.43. The molecule has 1 N–H and O–H groups in total. The fourth-order valence-corrected chi connectivity index (χ4v) is 3.34. The molecular formula is C19H27N3O3. The van der Waals surface area contributed by atoms with Crippen molar-refractivity contribution < 1.29 is 14.3 Å². The van der Waals surface area contributed by atoms with Crippen molar-refractivity contribution in [2.24, 2.45) is 0 Å². The van der Waals surface area contributed by atoms with E-state index in [2.05, 4.69) is 16.3 Å². The highest BCUT2D eigenvalue weighted by atomic mass is 16.5. The Morgan fingerprint density at radius 1 is 1.28 bits per heavy atom. The van der Waals surface area contributed by atoms with Gasteiger partial charge in [0.1, 0.15) is 11.3 Å². The third-order valence-electron chi connectivity index (χ3n) is 4.90. The first-order valence-electron chi connectivity index (χ1n) is 8.92. The molecule has 2 fully saturated rings. The molecule has 0 spiro atoms. The first-order chi connectivity index (χ1) is 11.9. The van der Waals surface area contributed by atoms with Gasteiger partial charge in [0, 0.05) is 31.2 Å². The lowest BCUT2D eigenvalue weighted by Crippen LogP contribution is -2.40. The van der Waals surface area contributed by atoms with Gasteiger partial charge in [0.25, 0.3) is 5.91 Å². The molecule has 136 valence electrons. The normalized spacial score (nSPS) is 19.4. The van der Waals surface area contributed by atoms with E-state index in [4.69, 9.17) is 4.74 Å². The number of hydrogen-bond donors (Lipinski definition) is 1. The van der Waals surface area contributed by atoms with Gasteiger partial charge in [-0.25, -0.2) is 4.79 Å². The number of rotatable bonds is 8. The van der Waals surface area contributed by atoms with Crippen LogP contribution < -0.4 is 10.1 Å². The van der Waals surface area contributed by atoms with Crippen LogP contribution in [-0.4, -0.2) is 53.5 Å². The van der Waals surface area contributed by atoms with Crippen molar-refractivity contribution in [1.29, 1.82) is 0 Å². The van der Waals surface area contributed by atoms with Crippen LogP contribution in [0, 0.1) is 0 Å². The lowest BCUT2D eigenvalue weighted by molar-refractivity contribution is -0.130. The predicted octanol–water partition coefficient (Wildman–Crippen LogP) is 2.38. The summed E-state index contributed by atoms with van der Waals surface area (Å²) in [6.07, 6.45) is 3.21. The summed E-state index contributed by atoms with van der Waals surface area (Å²) in [6, 6.07) is 8.40. The maximum Gasteiger partial charge on any atom is 0.325 e. The molecule has 1 heterocycles. The van der Waals surface area contributed by atoms with Gasteiger partial charge in [0.2, 0.25) is 0 Å². The van der Waals surface area contributed by atoms with Crippen LogP contribution in [0.15, 0.2) is 24.3 Å². The minimum atomic E-state index is -0.787. The number of urea groups is 1. The number of hydrogen-bond acceptors (Lipinski definition) is 4. The van der Waals surface area contributed by atoms with Gasteiger partial charge in [0.15, 0.2) is 0 Å². The van der Waals surface area contributed by atoms with Crippen LogP contribution in [0.4, 0.5) is 4.79 Å². The summed E-state index contributed by atoms with van der Waals surface area (Å²) in [5, 5.41) is 2.73. The maximum absolute atomic E-state index is 12.2. The van der Waals surface area contributed by atoms with E-state index in [-0.39, 0.29) is 11.9 Å². The van der Waals surface area contributed by atoms with E-state index < -0.39 is 5.54 Å². The molecule has 0 atom stereocenters. The zero-order valence-electron chi connectivity index (χ0n) is 15.2. The van der Waals surface area contributed by atoms with E-state index in [9.17, 15) is 9.59 Å². The molecule has 1 aliphatic carbocycles. The van der Waals surface area contributed by atoms with E-state index in [1.165, 1.54) is 23.3 Å². The summed E-state index contributed by atoms with van der Waals surface area (Å²) in [6.45, 7) is 5.64. The first-order valence-corrected chi connectivity index (χ1v) is 8.92. The van der Waals surface area contributed by atoms with E-state index >= 15 is 0 Å². The lowest BCUT2D eigenvalue weighted by atomic mass is 10.1. The van der Waals surface area contributed by atoms with Crippen LogP contribution in [0.5, 0.6) is 5.75 Å². The molecule has 1 aromatic carbocycles. The van der Waals surface area contributed by atoms with Gasteiger partial charge in [-0.15, -0.1) is 0 Å². The second-order valence-electron chi connectivity index (χ2n) is 7.38. The number of carbonyl (C=O) groups is 2. The number of carbonyl (C=O) groups excluding carboxylic acids is 2. The van der Waals surface area contributed by atoms with Crippen molar-refractivity contribution in [2.45, 2.75) is 51.2 Å². The number of nitrogens with one attached hydrogen (secondary N) is 1. The van der Waals surface area contributed by atoms with Crippen molar-refractivity contribution in [3.63, 3.8) is 0 Å². The van der Waals surface area contributed by atoms with Crippen molar-refractivity contribution in [2.75, 3.05) is 20.2 Å². The number of ether oxygens (including phenoxy) is 1. The van der Waals surface area contributed by atoms with Crippen molar-refractivity contribution in [3.8, 4) is 5.75 Å². The van der Waals surface area contributed by atoms with Crippen LogP contribution in [0.1, 0.15) is 38.7 Å². The van der Waals surface area contributed by atoms with Crippen molar-refractivity contribution in [3.05, 3.63) is 29.8 Å². The second-order valence-corrected chi connectivity index (χ2v) is 7.38. The molecule has 1 saturated heterocycles. The quantitative estimate of drug-likeness (QED) is 0.735. The molecule has 3 amide bonds. The Hall–Kier alpha value is -2.08. The van der Waals surface area contributed by atoms with Crippen LogP contribution in [0.3, 0.4) is 0 Å². The molecule has 1 aliphatic heterocycles. The lowest BCUT2D eigenvalue weighted by Gasteiger charge is -2.24. The zero-order chi connectivity index (χ0) is 18.0. The van der Waals surface area contributed by atoms with Gasteiger partial charge in [-0.2, -0.15) is 0 Å². The average Bonchev–Trinajstić information content (AvgIpc) is 3.39. The molecule has 3 rings (SSSR count). The fraction of sp³-hybridized carbons (Fsp3) is 0.579. The SMILES string of the molecule is COc1ccccc1CN(CCCN1C(=O)NC(C)(C)C1=O)C1CC1. The maximum atomic E-state index is 12.2. The third kappa shape index (κ3) is 3.95. The van der Waals surface area contributed by atoms with Crippen molar-refractivity contribution >= 4 is 11.9 Å². The Kier molecular flexibility index (Phi) is 4.99. The van der Waals surface area contributed by atoms with E-state index in [0.717, 1.165) is 25.3 Å². The van der Waals surface area contributed by atoms with Gasteiger partial charge in [-0.05, 0) is 39.2 Å². The van der Waals surface area contributed by atoms with Crippen LogP contribution in [0.25, 0.3) is 0 Å². The number of para-hydroxylation sites is 1. The Labute approximate surface area is 149 Å². The number of nitrogens with zero attached hydrogens (tertiary/aromatic N) is 2. The predicted molar refractivity (Wildman–Crippen MR) is 95.4 cm³/mol. The molecule has 2 aliphatic rings. The highest BCUT2D eigenvalue weighted by Crippen LogP contribution is 2.30. The van der Waals surface area contributed by atoms with Gasteiger partial charge in [0.05, 0.1) is 7.11 Å². The smallest absolute Gasteiger partial charge is 0.325 e. The molecule has 6 heteroatoms. The largest absolute Gasteiger partial charge is 0.496 e. The summed E-state index contributed by atoms with van der Waals surface area (Å²) in [5.41, 5.74) is 0.387. The summed E-state index contributed by atoms with van der Waals surface area (Å²) < 4.78 is 5.45. The minimum Gasteiger partial charge on any atom is -0.496 e. The van der Waals surface area contributed by atoms with Crippen LogP contribution in [-0.2, 0) is 11.3 Å². The molecule has 25 heavy (non-hydrogen) atoms. The standard InChI is InChI=1S/C19H27N3O3/c1-19(2)17(23)22(18(24)20-19)12-6-11-21(15-9-10-15)13-14-7-4-5-8-16(14)25-3/h4-5,7-8,15H,6,9-13H2,1-3H3,(H,20,24). The third-order valence-corrected chi connectivity index (χ3v) is 4.90. The van der Waals surface area contributed by atoms with Gasteiger partial charge in [-0.1, -0.05) is 18.2 Å². The molecule has 0 radical (unpaired) electrons. The first kappa shape index (κ1) is 17.7. The second kappa shape index (κ2) is 7.04. The average molecular weight is 345 g/mol. The zero-order valence-corrected chi connectivity index (χ0v) is 15.2. The Balaban J connectivity index is 1.57. The van der Waals surface area contributed by atoms with Crippen molar-refractivity contribution in [1.82, 2.24) is 15.1 Å². The van der Waals surface area contributed by atoms with Gasteiger partial charge >= 0.3 is 6.03 Å². The summed E-state index contributed by atoms with van der Waals surface area (Å²) in [4.78, 5) is 28.0. The molecule has 1 aromatic rings. The molecule has 6 nitrogen and oxygen atoms in total. The fourth-order valence-electron chi connectivity index (χ4n) is 3.34. The van der Waals surface area contributed by atoms with E-state index in [1.54, 1.807) is 21.0 Å². The Morgan fingerprint density at radius 3 is 2.60 bits per heavy atom. The number of imide groups is 1. The highest BCUT2D eigenvalue weighted by molar-refractivity contribution is 6.06. The molecule has 0 bridgehead atoms. The summed E-state index contributed by atoms with van der Waals surface area (Å²) in [5.74, 6) is 0.768. The number of methoxy groups -OCH3 is 1. The molecular weight excluding hydrogens is 318 g/mol. The molecule has 1 saturated carbocycles. The molecule has 0 unspecified atom stereocenters. The molecule has 0 aromatic heterocycles. The summed E-state index contributed by atoms with van der Waals surface area (Å²) in [7, 11) is 1.69. The van der Waals surface area contributed by atoms with Gasteiger partial charge < -0.3 is 10.1 Å². The van der Waals surface area contributed by atoms with Crippen LogP contribution in [0.2, 0.25) is 0 Å². The van der Waals surface area contributed by atoms with E-state index in [1.807, 2.05) is 18.2 Å². The monoisotopic (exact) mass is 345 g/mol. The minimum absolute atomic E-state index is 0.139. The van der Waals surface area contributed by atoms with Gasteiger partial charge in [-0.3, -0.25) is 14.6 Å². The Bertz CT molecular complexity index is 655.